The summed E-state index contributed by atoms with van der Waals surface area (Å²) in [5.74, 6) is 1.92. The summed E-state index contributed by atoms with van der Waals surface area (Å²) in [6.07, 6.45) is 3.45. The van der Waals surface area contributed by atoms with Gasteiger partial charge in [-0.3, -0.25) is 0 Å². The standard InChI is InChI=1S/C11H24O3S/c1-3-4-5-8-15-10-11(12)9-14-7-6-13-2/h11-12H,3-10H2,1-2H3. The molecule has 0 aliphatic rings. The minimum atomic E-state index is -0.339. The third-order valence-electron chi connectivity index (χ3n) is 1.94. The number of rotatable bonds is 11. The average Bonchev–Trinajstić information content (AvgIpc) is 2.24. The molecule has 0 aliphatic carbocycles. The van der Waals surface area contributed by atoms with Crippen LogP contribution in [-0.2, 0) is 9.47 Å². The Labute approximate surface area is 97.5 Å². The maximum atomic E-state index is 9.52. The monoisotopic (exact) mass is 236 g/mol. The molecule has 0 aromatic carbocycles. The number of hydrogen-bond acceptors (Lipinski definition) is 4. The maximum absolute atomic E-state index is 9.52. The molecular formula is C11H24O3S. The molecule has 0 aliphatic heterocycles. The van der Waals surface area contributed by atoms with Gasteiger partial charge in [0.15, 0.2) is 0 Å². The highest BCUT2D eigenvalue weighted by atomic mass is 32.2. The van der Waals surface area contributed by atoms with Gasteiger partial charge in [-0.1, -0.05) is 19.8 Å². The van der Waals surface area contributed by atoms with Crippen LogP contribution >= 0.6 is 11.8 Å². The van der Waals surface area contributed by atoms with E-state index in [1.165, 1.54) is 19.3 Å². The number of thioether (sulfide) groups is 1. The van der Waals surface area contributed by atoms with Gasteiger partial charge in [0.25, 0.3) is 0 Å². The van der Waals surface area contributed by atoms with E-state index in [4.69, 9.17) is 9.47 Å². The zero-order valence-corrected chi connectivity index (χ0v) is 10.7. The predicted octanol–water partition coefficient (Wildman–Crippen LogP) is 1.93. The van der Waals surface area contributed by atoms with Crippen molar-refractivity contribution in [3.63, 3.8) is 0 Å². The third-order valence-corrected chi connectivity index (χ3v) is 3.14. The fourth-order valence-corrected chi connectivity index (χ4v) is 2.03. The Morgan fingerprint density at radius 3 is 2.73 bits per heavy atom. The van der Waals surface area contributed by atoms with Crippen molar-refractivity contribution in [1.82, 2.24) is 0 Å². The molecule has 0 spiro atoms. The van der Waals surface area contributed by atoms with Crippen LogP contribution < -0.4 is 0 Å². The van der Waals surface area contributed by atoms with Gasteiger partial charge in [-0.25, -0.2) is 0 Å². The second-order valence-electron chi connectivity index (χ2n) is 3.50. The van der Waals surface area contributed by atoms with E-state index in [9.17, 15) is 5.11 Å². The first kappa shape index (κ1) is 15.2. The molecule has 4 heteroatoms. The molecule has 3 nitrogen and oxygen atoms in total. The average molecular weight is 236 g/mol. The van der Waals surface area contributed by atoms with Crippen LogP contribution in [0.4, 0.5) is 0 Å². The van der Waals surface area contributed by atoms with Gasteiger partial charge in [-0.2, -0.15) is 11.8 Å². The van der Waals surface area contributed by atoms with Crippen LogP contribution in [0.15, 0.2) is 0 Å². The summed E-state index contributed by atoms with van der Waals surface area (Å²) in [6, 6.07) is 0. The van der Waals surface area contributed by atoms with E-state index in [-0.39, 0.29) is 6.10 Å². The van der Waals surface area contributed by atoms with Crippen LogP contribution in [0.3, 0.4) is 0 Å². The number of ether oxygens (including phenoxy) is 2. The summed E-state index contributed by atoms with van der Waals surface area (Å²) >= 11 is 1.80. The van der Waals surface area contributed by atoms with Crippen LogP contribution in [0.25, 0.3) is 0 Å². The molecule has 0 saturated heterocycles. The van der Waals surface area contributed by atoms with Crippen molar-refractivity contribution in [3.8, 4) is 0 Å². The van der Waals surface area contributed by atoms with Gasteiger partial charge in [0.2, 0.25) is 0 Å². The highest BCUT2D eigenvalue weighted by molar-refractivity contribution is 7.99. The quantitative estimate of drug-likeness (QED) is 0.556. The molecule has 0 aromatic rings. The number of aliphatic hydroxyl groups excluding tert-OH is 1. The molecular weight excluding hydrogens is 212 g/mol. The van der Waals surface area contributed by atoms with Gasteiger partial charge in [-0.15, -0.1) is 0 Å². The van der Waals surface area contributed by atoms with Gasteiger partial charge in [0, 0.05) is 12.9 Å². The molecule has 0 saturated carbocycles. The first-order valence-electron chi connectivity index (χ1n) is 5.63. The molecule has 0 fully saturated rings. The van der Waals surface area contributed by atoms with Crippen molar-refractivity contribution in [3.05, 3.63) is 0 Å². The second kappa shape index (κ2) is 12.3. The van der Waals surface area contributed by atoms with E-state index in [0.717, 1.165) is 11.5 Å². The topological polar surface area (TPSA) is 38.7 Å². The molecule has 1 unspecified atom stereocenters. The SMILES string of the molecule is CCCCCSCC(O)COCCOC. The van der Waals surface area contributed by atoms with E-state index in [1.807, 2.05) is 0 Å². The fraction of sp³-hybridized carbons (Fsp3) is 1.00. The largest absolute Gasteiger partial charge is 0.390 e. The fourth-order valence-electron chi connectivity index (χ4n) is 1.08. The molecule has 0 heterocycles. The molecule has 1 N–H and O–H groups in total. The highest BCUT2D eigenvalue weighted by Crippen LogP contribution is 2.07. The van der Waals surface area contributed by atoms with Crippen LogP contribution in [-0.4, -0.2) is 49.6 Å². The van der Waals surface area contributed by atoms with Crippen LogP contribution in [0.5, 0.6) is 0 Å². The predicted molar refractivity (Wildman–Crippen MR) is 65.6 cm³/mol. The van der Waals surface area contributed by atoms with Crippen molar-refractivity contribution in [2.24, 2.45) is 0 Å². The second-order valence-corrected chi connectivity index (χ2v) is 4.65. The van der Waals surface area contributed by atoms with Crippen molar-refractivity contribution >= 4 is 11.8 Å². The lowest BCUT2D eigenvalue weighted by Gasteiger charge is -2.10. The van der Waals surface area contributed by atoms with E-state index in [1.54, 1.807) is 18.9 Å². The van der Waals surface area contributed by atoms with E-state index in [2.05, 4.69) is 6.92 Å². The number of methoxy groups -OCH3 is 1. The van der Waals surface area contributed by atoms with Crippen molar-refractivity contribution in [2.45, 2.75) is 32.3 Å². The number of hydrogen-bond donors (Lipinski definition) is 1. The first-order valence-corrected chi connectivity index (χ1v) is 6.79. The molecule has 92 valence electrons. The Balaban J connectivity index is 3.08. The minimum Gasteiger partial charge on any atom is -0.390 e. The molecule has 0 bridgehead atoms. The lowest BCUT2D eigenvalue weighted by Crippen LogP contribution is -2.19. The van der Waals surface area contributed by atoms with Crippen LogP contribution in [0.1, 0.15) is 26.2 Å². The Hall–Kier alpha value is 0.230. The highest BCUT2D eigenvalue weighted by Gasteiger charge is 2.03. The summed E-state index contributed by atoms with van der Waals surface area (Å²) in [7, 11) is 1.64. The molecule has 15 heavy (non-hydrogen) atoms. The molecule has 0 aromatic heterocycles. The zero-order valence-electron chi connectivity index (χ0n) is 9.91. The summed E-state index contributed by atoms with van der Waals surface area (Å²) in [4.78, 5) is 0. The van der Waals surface area contributed by atoms with Gasteiger partial charge >= 0.3 is 0 Å². The van der Waals surface area contributed by atoms with Gasteiger partial charge in [-0.05, 0) is 12.2 Å². The van der Waals surface area contributed by atoms with Crippen LogP contribution in [0.2, 0.25) is 0 Å². The van der Waals surface area contributed by atoms with Crippen molar-refractivity contribution in [1.29, 1.82) is 0 Å². The zero-order chi connectivity index (χ0) is 11.4. The Bertz CT molecular complexity index is 122. The Morgan fingerprint density at radius 2 is 2.07 bits per heavy atom. The molecule has 0 rings (SSSR count). The summed E-state index contributed by atoms with van der Waals surface area (Å²) < 4.78 is 10.1. The Kier molecular flexibility index (Phi) is 12.5. The van der Waals surface area contributed by atoms with Crippen molar-refractivity contribution < 1.29 is 14.6 Å². The Morgan fingerprint density at radius 1 is 1.27 bits per heavy atom. The first-order chi connectivity index (χ1) is 7.31. The number of aliphatic hydroxyl groups is 1. The van der Waals surface area contributed by atoms with Gasteiger partial charge < -0.3 is 14.6 Å². The normalized spacial score (nSPS) is 13.0. The third kappa shape index (κ3) is 12.2. The van der Waals surface area contributed by atoms with E-state index in [0.29, 0.717) is 19.8 Å². The van der Waals surface area contributed by atoms with Crippen molar-refractivity contribution in [2.75, 3.05) is 38.4 Å². The number of unbranched alkanes of at least 4 members (excludes halogenated alkanes) is 2. The van der Waals surface area contributed by atoms with E-state index >= 15 is 0 Å². The summed E-state index contributed by atoms with van der Waals surface area (Å²) in [6.45, 7) is 3.78. The smallest absolute Gasteiger partial charge is 0.0863 e. The summed E-state index contributed by atoms with van der Waals surface area (Å²) in [5, 5.41) is 9.52. The lowest BCUT2D eigenvalue weighted by atomic mass is 10.3. The van der Waals surface area contributed by atoms with Gasteiger partial charge in [0.05, 0.1) is 25.9 Å². The molecule has 0 radical (unpaired) electrons. The summed E-state index contributed by atoms with van der Waals surface area (Å²) in [5.41, 5.74) is 0. The molecule has 0 amide bonds. The maximum Gasteiger partial charge on any atom is 0.0863 e. The van der Waals surface area contributed by atoms with E-state index < -0.39 is 0 Å². The molecule has 1 atom stereocenters. The lowest BCUT2D eigenvalue weighted by molar-refractivity contribution is 0.0218. The van der Waals surface area contributed by atoms with Crippen LogP contribution in [0, 0.1) is 0 Å². The van der Waals surface area contributed by atoms with Gasteiger partial charge in [0.1, 0.15) is 0 Å². The minimum absolute atomic E-state index is 0.339.